The van der Waals surface area contributed by atoms with Gasteiger partial charge in [0.25, 0.3) is 0 Å². The minimum atomic E-state index is -4.78. The van der Waals surface area contributed by atoms with Crippen LogP contribution in [0, 0.1) is 29.3 Å². The van der Waals surface area contributed by atoms with Gasteiger partial charge >= 0.3 is 6.36 Å². The van der Waals surface area contributed by atoms with E-state index < -0.39 is 23.8 Å². The summed E-state index contributed by atoms with van der Waals surface area (Å²) in [5.41, 5.74) is 2.78. The molecule has 35 heavy (non-hydrogen) atoms. The van der Waals surface area contributed by atoms with Crippen LogP contribution in [0.2, 0.25) is 0 Å². The predicted molar refractivity (Wildman–Crippen MR) is 121 cm³/mol. The van der Waals surface area contributed by atoms with E-state index >= 15 is 0 Å². The van der Waals surface area contributed by atoms with E-state index in [9.17, 15) is 26.3 Å². The summed E-state index contributed by atoms with van der Waals surface area (Å²) >= 11 is 0. The smallest absolute Gasteiger partial charge is 0.406 e. The topological polar surface area (TPSA) is 9.23 Å². The van der Waals surface area contributed by atoms with E-state index in [4.69, 9.17) is 0 Å². The summed E-state index contributed by atoms with van der Waals surface area (Å²) in [5.74, 6) is 3.02. The minimum absolute atomic E-state index is 0.0535. The summed E-state index contributed by atoms with van der Waals surface area (Å²) in [4.78, 5) is 0. The van der Waals surface area contributed by atoms with E-state index in [0.717, 1.165) is 24.1 Å². The molecule has 0 N–H and O–H groups in total. The lowest BCUT2D eigenvalue weighted by molar-refractivity contribution is -0.274. The van der Waals surface area contributed by atoms with Crippen LogP contribution in [0.5, 0.6) is 5.75 Å². The molecule has 182 valence electrons. The van der Waals surface area contributed by atoms with Crippen molar-refractivity contribution in [2.45, 2.75) is 51.3 Å². The number of fused-ring (bicyclic) bond motifs is 1. The fourth-order valence-corrected chi connectivity index (χ4v) is 4.46. The molecule has 0 aliphatic heterocycles. The van der Waals surface area contributed by atoms with E-state index in [1.165, 1.54) is 30.3 Å². The van der Waals surface area contributed by atoms with Crippen molar-refractivity contribution in [3.8, 4) is 17.6 Å². The largest absolute Gasteiger partial charge is 0.573 e. The summed E-state index contributed by atoms with van der Waals surface area (Å²) < 4.78 is 84.8. The first-order chi connectivity index (χ1) is 16.6. The minimum Gasteiger partial charge on any atom is -0.406 e. The highest BCUT2D eigenvalue weighted by Gasteiger charge is 2.31. The molecule has 0 saturated heterocycles. The average molecular weight is 488 g/mol. The lowest BCUT2D eigenvalue weighted by atomic mass is 9.79. The van der Waals surface area contributed by atoms with Gasteiger partial charge < -0.3 is 4.74 Å². The number of rotatable bonds is 4. The summed E-state index contributed by atoms with van der Waals surface area (Å²) in [6.45, 7) is 1.94. The third kappa shape index (κ3) is 6.00. The highest BCUT2D eigenvalue weighted by atomic mass is 19.4. The zero-order valence-electron chi connectivity index (χ0n) is 18.9. The number of benzene rings is 3. The fraction of sp³-hybridized carbons (Fsp3) is 0.286. The van der Waals surface area contributed by atoms with Gasteiger partial charge in [0.1, 0.15) is 23.2 Å². The van der Waals surface area contributed by atoms with Gasteiger partial charge in [0.2, 0.25) is 0 Å². The maximum atomic E-state index is 14.8. The standard InChI is InChI=1S/C28H22F6O/c1-2-3-18-12-25(30)27(26(31)13-18)21-9-8-19-14-20(24(29)16-22(19)15-21)7-4-17-5-10-23(11-6-17)35-28(32,33)34/h5-6,10-14,16,21H,2-3,8-9,15H2,1H3. The van der Waals surface area contributed by atoms with Crippen LogP contribution < -0.4 is 4.74 Å². The molecule has 0 radical (unpaired) electrons. The molecule has 7 heteroatoms. The molecule has 0 saturated carbocycles. The molecule has 0 bridgehead atoms. The quantitative estimate of drug-likeness (QED) is 0.271. The lowest BCUT2D eigenvalue weighted by Crippen LogP contribution is -2.16. The van der Waals surface area contributed by atoms with E-state index in [0.29, 0.717) is 42.4 Å². The van der Waals surface area contributed by atoms with Gasteiger partial charge in [-0.05, 0) is 96.8 Å². The third-order valence-electron chi connectivity index (χ3n) is 6.03. The summed E-state index contributed by atoms with van der Waals surface area (Å²) in [7, 11) is 0. The van der Waals surface area contributed by atoms with E-state index in [2.05, 4.69) is 16.6 Å². The highest BCUT2D eigenvalue weighted by Crippen LogP contribution is 2.36. The lowest BCUT2D eigenvalue weighted by Gasteiger charge is -2.26. The van der Waals surface area contributed by atoms with Gasteiger partial charge in [0, 0.05) is 11.1 Å². The molecule has 0 fully saturated rings. The number of hydrogen-bond acceptors (Lipinski definition) is 1. The Bertz CT molecular complexity index is 1260. The van der Waals surface area contributed by atoms with Gasteiger partial charge in [-0.2, -0.15) is 0 Å². The number of hydrogen-bond donors (Lipinski definition) is 0. The van der Waals surface area contributed by atoms with Crippen molar-refractivity contribution in [3.05, 3.63) is 99.4 Å². The average Bonchev–Trinajstić information content (AvgIpc) is 2.77. The van der Waals surface area contributed by atoms with Gasteiger partial charge in [-0.3, -0.25) is 0 Å². The fourth-order valence-electron chi connectivity index (χ4n) is 4.46. The van der Waals surface area contributed by atoms with Gasteiger partial charge in [0.15, 0.2) is 0 Å². The first-order valence-electron chi connectivity index (χ1n) is 11.3. The zero-order chi connectivity index (χ0) is 25.2. The van der Waals surface area contributed by atoms with Gasteiger partial charge in [0.05, 0.1) is 5.56 Å². The van der Waals surface area contributed by atoms with Crippen molar-refractivity contribution in [2.75, 3.05) is 0 Å². The molecule has 0 spiro atoms. The number of ether oxygens (including phenoxy) is 1. The highest BCUT2D eigenvalue weighted by molar-refractivity contribution is 5.48. The second-order valence-electron chi connectivity index (χ2n) is 8.59. The van der Waals surface area contributed by atoms with Crippen LogP contribution in [0.4, 0.5) is 26.3 Å². The number of alkyl halides is 3. The second kappa shape index (κ2) is 10.1. The van der Waals surface area contributed by atoms with E-state index in [-0.39, 0.29) is 22.8 Å². The zero-order valence-corrected chi connectivity index (χ0v) is 18.9. The van der Waals surface area contributed by atoms with Crippen LogP contribution in [-0.2, 0) is 19.3 Å². The molecule has 1 nitrogen and oxygen atoms in total. The van der Waals surface area contributed by atoms with Crippen LogP contribution >= 0.6 is 0 Å². The SMILES string of the molecule is CCCc1cc(F)c(C2CCc3cc(C#Cc4ccc(OC(F)(F)F)cc4)c(F)cc3C2)c(F)c1. The van der Waals surface area contributed by atoms with Crippen molar-refractivity contribution < 1.29 is 31.1 Å². The number of halogens is 6. The van der Waals surface area contributed by atoms with Crippen molar-refractivity contribution >= 4 is 0 Å². The third-order valence-corrected chi connectivity index (χ3v) is 6.03. The van der Waals surface area contributed by atoms with E-state index in [1.54, 1.807) is 6.07 Å². The Kier molecular flexibility index (Phi) is 7.11. The second-order valence-corrected chi connectivity index (χ2v) is 8.59. The molecular weight excluding hydrogens is 466 g/mol. The Labute approximate surface area is 199 Å². The van der Waals surface area contributed by atoms with Gasteiger partial charge in [-0.1, -0.05) is 25.2 Å². The van der Waals surface area contributed by atoms with Crippen LogP contribution in [0.1, 0.15) is 59.1 Å². The van der Waals surface area contributed by atoms with Crippen LogP contribution in [0.25, 0.3) is 0 Å². The molecule has 0 amide bonds. The monoisotopic (exact) mass is 488 g/mol. The molecule has 1 unspecified atom stereocenters. The Morgan fingerprint density at radius 1 is 0.886 bits per heavy atom. The first kappa shape index (κ1) is 24.7. The number of aryl methyl sites for hydroxylation is 2. The molecule has 3 aromatic carbocycles. The predicted octanol–water partition coefficient (Wildman–Crippen LogP) is 7.63. The Morgan fingerprint density at radius 3 is 2.20 bits per heavy atom. The van der Waals surface area contributed by atoms with Crippen LogP contribution in [0.15, 0.2) is 48.5 Å². The molecule has 1 atom stereocenters. The summed E-state index contributed by atoms with van der Waals surface area (Å²) in [5, 5.41) is 0. The molecule has 0 heterocycles. The Hall–Kier alpha value is -3.40. The molecule has 1 aliphatic rings. The van der Waals surface area contributed by atoms with Crippen molar-refractivity contribution in [2.24, 2.45) is 0 Å². The van der Waals surface area contributed by atoms with Gasteiger partial charge in [-0.15, -0.1) is 13.2 Å². The van der Waals surface area contributed by atoms with Crippen LogP contribution in [0.3, 0.4) is 0 Å². The van der Waals surface area contributed by atoms with Crippen LogP contribution in [-0.4, -0.2) is 6.36 Å². The Balaban J connectivity index is 1.52. The van der Waals surface area contributed by atoms with Crippen molar-refractivity contribution in [3.63, 3.8) is 0 Å². The molecule has 0 aromatic heterocycles. The summed E-state index contributed by atoms with van der Waals surface area (Å²) in [6, 6.07) is 10.7. The van der Waals surface area contributed by atoms with E-state index in [1.807, 2.05) is 6.92 Å². The Morgan fingerprint density at radius 2 is 1.57 bits per heavy atom. The molecule has 4 rings (SSSR count). The maximum Gasteiger partial charge on any atom is 0.573 e. The normalized spacial score (nSPS) is 15.2. The molecular formula is C28H22F6O. The molecule has 3 aromatic rings. The summed E-state index contributed by atoms with van der Waals surface area (Å²) in [6.07, 6.45) is -2.03. The van der Waals surface area contributed by atoms with Crippen molar-refractivity contribution in [1.29, 1.82) is 0 Å². The first-order valence-corrected chi connectivity index (χ1v) is 11.3. The maximum absolute atomic E-state index is 14.8. The van der Waals surface area contributed by atoms with Gasteiger partial charge in [-0.25, -0.2) is 13.2 Å². The molecule has 1 aliphatic carbocycles. The van der Waals surface area contributed by atoms with Crippen molar-refractivity contribution in [1.82, 2.24) is 0 Å².